The second-order valence-electron chi connectivity index (χ2n) is 8.98. The monoisotopic (exact) mass is 378 g/mol. The van der Waals surface area contributed by atoms with Gasteiger partial charge in [-0.3, -0.25) is 9.59 Å². The van der Waals surface area contributed by atoms with Gasteiger partial charge in [0, 0.05) is 23.9 Å². The number of hydrogen-bond acceptors (Lipinski definition) is 2. The van der Waals surface area contributed by atoms with E-state index in [0.29, 0.717) is 5.56 Å². The van der Waals surface area contributed by atoms with E-state index in [4.69, 9.17) is 0 Å². The van der Waals surface area contributed by atoms with Crippen LogP contribution in [0, 0.1) is 5.41 Å². The molecule has 4 nitrogen and oxygen atoms in total. The standard InChI is InChI=1S/C24H30N2O2/c1-17(18-13-9-7-10-14-18)24(5)22(28)25(6)21(23(2,3)4)26(24)20(27)19-15-11-8-12-16-19/h7-17,21H,1-6H3/t17-,21-,24-/m1/s1. The molecular formula is C24H30N2O2. The third-order valence-electron chi connectivity index (χ3n) is 6.02. The van der Waals surface area contributed by atoms with E-state index in [0.717, 1.165) is 5.56 Å². The van der Waals surface area contributed by atoms with Gasteiger partial charge in [0.25, 0.3) is 5.91 Å². The molecule has 1 heterocycles. The van der Waals surface area contributed by atoms with Gasteiger partial charge in [0.1, 0.15) is 11.7 Å². The summed E-state index contributed by atoms with van der Waals surface area (Å²) < 4.78 is 0. The van der Waals surface area contributed by atoms with Gasteiger partial charge in [0.05, 0.1) is 0 Å². The maximum atomic E-state index is 13.7. The second kappa shape index (κ2) is 7.08. The van der Waals surface area contributed by atoms with Crippen molar-refractivity contribution in [1.29, 1.82) is 0 Å². The van der Waals surface area contributed by atoms with Gasteiger partial charge < -0.3 is 9.80 Å². The number of hydrogen-bond donors (Lipinski definition) is 0. The van der Waals surface area contributed by atoms with Crippen molar-refractivity contribution >= 4 is 11.8 Å². The Labute approximate surface area is 168 Å². The Kier molecular flexibility index (Phi) is 5.09. The molecule has 0 aromatic heterocycles. The Morgan fingerprint density at radius 1 is 1.00 bits per heavy atom. The molecular weight excluding hydrogens is 348 g/mol. The molecule has 0 unspecified atom stereocenters. The Hall–Kier alpha value is -2.62. The van der Waals surface area contributed by atoms with E-state index < -0.39 is 5.54 Å². The van der Waals surface area contributed by atoms with Crippen LogP contribution in [0.4, 0.5) is 0 Å². The summed E-state index contributed by atoms with van der Waals surface area (Å²) in [4.78, 5) is 30.8. The Morgan fingerprint density at radius 3 is 2.00 bits per heavy atom. The summed E-state index contributed by atoms with van der Waals surface area (Å²) in [6.45, 7) is 10.2. The smallest absolute Gasteiger partial charge is 0.256 e. The number of rotatable bonds is 3. The van der Waals surface area contributed by atoms with Crippen molar-refractivity contribution in [3.63, 3.8) is 0 Å². The van der Waals surface area contributed by atoms with Crippen molar-refractivity contribution in [3.05, 3.63) is 71.8 Å². The third-order valence-corrected chi connectivity index (χ3v) is 6.02. The molecule has 1 fully saturated rings. The fourth-order valence-corrected chi connectivity index (χ4v) is 4.47. The van der Waals surface area contributed by atoms with Gasteiger partial charge in [0.2, 0.25) is 5.91 Å². The van der Waals surface area contributed by atoms with Crippen LogP contribution in [0.3, 0.4) is 0 Å². The van der Waals surface area contributed by atoms with E-state index in [1.165, 1.54) is 0 Å². The molecule has 0 saturated carbocycles. The second-order valence-corrected chi connectivity index (χ2v) is 8.98. The number of nitrogens with zero attached hydrogens (tertiary/aromatic N) is 2. The van der Waals surface area contributed by atoms with E-state index in [1.54, 1.807) is 4.90 Å². The van der Waals surface area contributed by atoms with Gasteiger partial charge in [-0.2, -0.15) is 0 Å². The van der Waals surface area contributed by atoms with Crippen molar-refractivity contribution < 1.29 is 9.59 Å². The van der Waals surface area contributed by atoms with Crippen molar-refractivity contribution in [1.82, 2.24) is 9.80 Å². The molecule has 0 bridgehead atoms. The molecule has 0 spiro atoms. The predicted octanol–water partition coefficient (Wildman–Crippen LogP) is 4.54. The summed E-state index contributed by atoms with van der Waals surface area (Å²) in [6, 6.07) is 19.2. The Balaban J connectivity index is 2.18. The molecule has 0 aliphatic carbocycles. The lowest BCUT2D eigenvalue weighted by molar-refractivity contribution is -0.133. The molecule has 3 atom stereocenters. The van der Waals surface area contributed by atoms with E-state index >= 15 is 0 Å². The molecule has 1 aliphatic rings. The average molecular weight is 379 g/mol. The van der Waals surface area contributed by atoms with Crippen molar-refractivity contribution in [2.75, 3.05) is 7.05 Å². The first-order valence-electron chi connectivity index (χ1n) is 9.81. The molecule has 2 aromatic rings. The summed E-state index contributed by atoms with van der Waals surface area (Å²) in [7, 11) is 1.81. The highest BCUT2D eigenvalue weighted by molar-refractivity contribution is 6.02. The third kappa shape index (κ3) is 3.11. The summed E-state index contributed by atoms with van der Waals surface area (Å²) in [5.41, 5.74) is 0.391. The van der Waals surface area contributed by atoms with Crippen molar-refractivity contribution in [3.8, 4) is 0 Å². The normalized spacial score (nSPS) is 23.8. The highest BCUT2D eigenvalue weighted by atomic mass is 16.2. The fourth-order valence-electron chi connectivity index (χ4n) is 4.47. The zero-order valence-electron chi connectivity index (χ0n) is 17.6. The Morgan fingerprint density at radius 2 is 1.50 bits per heavy atom. The minimum atomic E-state index is -0.971. The number of likely N-dealkylation sites (N-methyl/N-ethyl adjacent to an activating group) is 1. The lowest BCUT2D eigenvalue weighted by Gasteiger charge is -2.44. The van der Waals surface area contributed by atoms with Crippen LogP contribution in [-0.4, -0.2) is 40.4 Å². The molecule has 1 saturated heterocycles. The lowest BCUT2D eigenvalue weighted by atomic mass is 9.79. The number of carbonyl (C=O) groups excluding carboxylic acids is 2. The van der Waals surface area contributed by atoms with Crippen LogP contribution in [0.2, 0.25) is 0 Å². The van der Waals surface area contributed by atoms with Crippen LogP contribution >= 0.6 is 0 Å². The first kappa shape index (κ1) is 20.1. The van der Waals surface area contributed by atoms with Gasteiger partial charge in [-0.05, 0) is 24.6 Å². The van der Waals surface area contributed by atoms with Gasteiger partial charge in [-0.15, -0.1) is 0 Å². The largest absolute Gasteiger partial charge is 0.323 e. The summed E-state index contributed by atoms with van der Waals surface area (Å²) in [5.74, 6) is -0.278. The molecule has 148 valence electrons. The predicted molar refractivity (Wildman–Crippen MR) is 112 cm³/mol. The molecule has 4 heteroatoms. The Bertz CT molecular complexity index is 857. The van der Waals surface area contributed by atoms with Gasteiger partial charge in [-0.25, -0.2) is 0 Å². The van der Waals surface area contributed by atoms with Crippen LogP contribution in [0.5, 0.6) is 0 Å². The van der Waals surface area contributed by atoms with Crippen LogP contribution < -0.4 is 0 Å². The zero-order valence-corrected chi connectivity index (χ0v) is 17.6. The SMILES string of the molecule is C[C@H](c1ccccc1)[C@]1(C)C(=O)N(C)[C@@H](C(C)(C)C)N1C(=O)c1ccccc1. The van der Waals surface area contributed by atoms with Crippen LogP contribution in [0.1, 0.15) is 56.5 Å². The number of amides is 2. The quantitative estimate of drug-likeness (QED) is 0.787. The van der Waals surface area contributed by atoms with E-state index in [9.17, 15) is 9.59 Å². The van der Waals surface area contributed by atoms with Crippen molar-refractivity contribution in [2.24, 2.45) is 5.41 Å². The minimum Gasteiger partial charge on any atom is -0.323 e. The van der Waals surface area contributed by atoms with Crippen LogP contribution in [0.25, 0.3) is 0 Å². The van der Waals surface area contributed by atoms with E-state index in [-0.39, 0.29) is 29.3 Å². The van der Waals surface area contributed by atoms with Crippen LogP contribution in [-0.2, 0) is 4.79 Å². The summed E-state index contributed by atoms with van der Waals surface area (Å²) in [5, 5.41) is 0. The van der Waals surface area contributed by atoms with Gasteiger partial charge >= 0.3 is 0 Å². The molecule has 0 N–H and O–H groups in total. The summed E-state index contributed by atoms with van der Waals surface area (Å²) in [6.07, 6.45) is -0.330. The molecule has 28 heavy (non-hydrogen) atoms. The van der Waals surface area contributed by atoms with E-state index in [2.05, 4.69) is 20.8 Å². The van der Waals surface area contributed by atoms with Gasteiger partial charge in [-0.1, -0.05) is 76.2 Å². The lowest BCUT2D eigenvalue weighted by Crippen LogP contribution is -2.57. The first-order valence-corrected chi connectivity index (χ1v) is 9.81. The number of carbonyl (C=O) groups is 2. The minimum absolute atomic E-state index is 0.0203. The van der Waals surface area contributed by atoms with E-state index in [1.807, 2.05) is 86.5 Å². The summed E-state index contributed by atoms with van der Waals surface area (Å²) >= 11 is 0. The molecule has 2 aromatic carbocycles. The zero-order chi connectivity index (χ0) is 20.7. The van der Waals surface area contributed by atoms with Crippen LogP contribution in [0.15, 0.2) is 60.7 Å². The molecule has 1 aliphatic heterocycles. The topological polar surface area (TPSA) is 40.6 Å². The maximum absolute atomic E-state index is 13.7. The fraction of sp³-hybridized carbons (Fsp3) is 0.417. The van der Waals surface area contributed by atoms with Crippen molar-refractivity contribution in [2.45, 2.75) is 52.2 Å². The molecule has 3 rings (SSSR count). The molecule has 0 radical (unpaired) electrons. The molecule has 2 amide bonds. The average Bonchev–Trinajstić information content (AvgIpc) is 2.90. The first-order chi connectivity index (χ1) is 13.1. The maximum Gasteiger partial charge on any atom is 0.256 e. The van der Waals surface area contributed by atoms with Gasteiger partial charge in [0.15, 0.2) is 0 Å². The highest BCUT2D eigenvalue weighted by Crippen LogP contribution is 2.46. The highest BCUT2D eigenvalue weighted by Gasteiger charge is 2.60. The number of benzene rings is 2.